The minimum absolute atomic E-state index is 0.0116. The van der Waals surface area contributed by atoms with Gasteiger partial charge in [0.1, 0.15) is 6.04 Å². The maximum absolute atomic E-state index is 11.6. The minimum atomic E-state index is -1.13. The fourth-order valence-corrected chi connectivity index (χ4v) is 2.34. The molecule has 4 N–H and O–H groups in total. The van der Waals surface area contributed by atoms with Gasteiger partial charge in [-0.05, 0) is 45.3 Å². The van der Waals surface area contributed by atoms with Crippen molar-refractivity contribution in [1.82, 2.24) is 15.5 Å². The monoisotopic (exact) mass is 287 g/mol. The van der Waals surface area contributed by atoms with Crippen LogP contribution in [0.15, 0.2) is 0 Å². The van der Waals surface area contributed by atoms with Crippen LogP contribution in [0.1, 0.15) is 25.7 Å². The van der Waals surface area contributed by atoms with E-state index in [0.717, 1.165) is 32.4 Å². The largest absolute Gasteiger partial charge is 0.480 e. The van der Waals surface area contributed by atoms with E-state index in [1.54, 1.807) is 0 Å². The van der Waals surface area contributed by atoms with Crippen molar-refractivity contribution < 1.29 is 19.8 Å². The van der Waals surface area contributed by atoms with Gasteiger partial charge in [-0.15, -0.1) is 0 Å². The van der Waals surface area contributed by atoms with Crippen LogP contribution in [0.5, 0.6) is 0 Å². The van der Waals surface area contributed by atoms with Crippen LogP contribution in [0, 0.1) is 5.92 Å². The van der Waals surface area contributed by atoms with Crippen LogP contribution in [-0.4, -0.2) is 66.4 Å². The molecule has 1 heterocycles. The molecular weight excluding hydrogens is 262 g/mol. The van der Waals surface area contributed by atoms with Gasteiger partial charge >= 0.3 is 12.0 Å². The lowest BCUT2D eigenvalue weighted by atomic mass is 9.94. The standard InChI is InChI=1S/C13H25N3O4/c1-16-7-3-10(4-8-16)2-6-14-13(20)15-11(5-9-17)12(18)19/h10-11,17H,2-9H2,1H3,(H,18,19)(H2,14,15,20)/t11-/m0/s1. The number of aliphatic carboxylic acids is 1. The van der Waals surface area contributed by atoms with Crippen LogP contribution >= 0.6 is 0 Å². The molecule has 116 valence electrons. The van der Waals surface area contributed by atoms with Gasteiger partial charge in [-0.25, -0.2) is 9.59 Å². The molecule has 7 nitrogen and oxygen atoms in total. The molecule has 1 aliphatic rings. The molecule has 1 rings (SSSR count). The fourth-order valence-electron chi connectivity index (χ4n) is 2.34. The SMILES string of the molecule is CN1CCC(CCNC(=O)N[C@@H](CCO)C(=O)O)CC1. The summed E-state index contributed by atoms with van der Waals surface area (Å²) < 4.78 is 0. The molecule has 7 heteroatoms. The van der Waals surface area contributed by atoms with Gasteiger partial charge < -0.3 is 25.7 Å². The van der Waals surface area contributed by atoms with Crippen LogP contribution in [0.2, 0.25) is 0 Å². The van der Waals surface area contributed by atoms with E-state index in [0.29, 0.717) is 12.5 Å². The number of likely N-dealkylation sites (tertiary alicyclic amines) is 1. The Kier molecular flexibility index (Phi) is 7.32. The Morgan fingerprint density at radius 2 is 2.00 bits per heavy atom. The number of nitrogens with zero attached hydrogens (tertiary/aromatic N) is 1. The number of aliphatic hydroxyl groups excluding tert-OH is 1. The van der Waals surface area contributed by atoms with Gasteiger partial charge in [-0.3, -0.25) is 0 Å². The predicted octanol–water partition coefficient (Wildman–Crippen LogP) is -0.147. The molecule has 0 saturated carbocycles. The number of carbonyl (C=O) groups is 2. The Morgan fingerprint density at radius 3 is 2.55 bits per heavy atom. The van der Waals surface area contributed by atoms with Crippen LogP contribution < -0.4 is 10.6 Å². The van der Waals surface area contributed by atoms with Crippen molar-refractivity contribution in [2.24, 2.45) is 5.92 Å². The Hall–Kier alpha value is -1.34. The lowest BCUT2D eigenvalue weighted by molar-refractivity contribution is -0.139. The number of carbonyl (C=O) groups excluding carboxylic acids is 1. The van der Waals surface area contributed by atoms with E-state index < -0.39 is 18.0 Å². The summed E-state index contributed by atoms with van der Waals surface area (Å²) >= 11 is 0. The second-order valence-electron chi connectivity index (χ2n) is 5.34. The van der Waals surface area contributed by atoms with Crippen LogP contribution in [0.4, 0.5) is 4.79 Å². The van der Waals surface area contributed by atoms with Gasteiger partial charge in [-0.2, -0.15) is 0 Å². The first-order valence-electron chi connectivity index (χ1n) is 7.09. The zero-order chi connectivity index (χ0) is 15.0. The predicted molar refractivity (Wildman–Crippen MR) is 74.5 cm³/mol. The van der Waals surface area contributed by atoms with Crippen LogP contribution in [0.3, 0.4) is 0 Å². The molecule has 20 heavy (non-hydrogen) atoms. The number of aliphatic hydroxyl groups is 1. The average molecular weight is 287 g/mol. The first-order chi connectivity index (χ1) is 9.52. The van der Waals surface area contributed by atoms with Crippen molar-refractivity contribution in [3.63, 3.8) is 0 Å². The highest BCUT2D eigenvalue weighted by atomic mass is 16.4. The quantitative estimate of drug-likeness (QED) is 0.522. The second-order valence-corrected chi connectivity index (χ2v) is 5.34. The molecule has 1 saturated heterocycles. The van der Waals surface area contributed by atoms with Gasteiger partial charge in [0.15, 0.2) is 0 Å². The number of hydrogen-bond acceptors (Lipinski definition) is 4. The number of rotatable bonds is 7. The molecule has 0 bridgehead atoms. The third-order valence-electron chi connectivity index (χ3n) is 3.70. The van der Waals surface area contributed by atoms with Gasteiger partial charge in [0.2, 0.25) is 0 Å². The molecule has 0 aliphatic carbocycles. The van der Waals surface area contributed by atoms with Crippen molar-refractivity contribution in [3.05, 3.63) is 0 Å². The normalized spacial score (nSPS) is 18.5. The molecule has 0 unspecified atom stereocenters. The first-order valence-corrected chi connectivity index (χ1v) is 7.09. The number of hydrogen-bond donors (Lipinski definition) is 4. The molecule has 0 radical (unpaired) electrons. The highest BCUT2D eigenvalue weighted by Gasteiger charge is 2.20. The number of amides is 2. The number of piperidine rings is 1. The minimum Gasteiger partial charge on any atom is -0.480 e. The van der Waals surface area contributed by atoms with Crippen molar-refractivity contribution in [3.8, 4) is 0 Å². The van der Waals surface area contributed by atoms with Crippen LogP contribution in [-0.2, 0) is 4.79 Å². The highest BCUT2D eigenvalue weighted by molar-refractivity contribution is 5.82. The Labute approximate surface area is 119 Å². The Bertz CT molecular complexity index is 317. The van der Waals surface area contributed by atoms with Crippen molar-refractivity contribution in [2.45, 2.75) is 31.7 Å². The van der Waals surface area contributed by atoms with Gasteiger partial charge in [0, 0.05) is 19.6 Å². The van der Waals surface area contributed by atoms with Gasteiger partial charge in [-0.1, -0.05) is 0 Å². The van der Waals surface area contributed by atoms with E-state index in [9.17, 15) is 9.59 Å². The smallest absolute Gasteiger partial charge is 0.326 e. The fraction of sp³-hybridized carbons (Fsp3) is 0.846. The van der Waals surface area contributed by atoms with E-state index in [1.165, 1.54) is 0 Å². The molecular formula is C13H25N3O4. The zero-order valence-corrected chi connectivity index (χ0v) is 12.0. The Balaban J connectivity index is 2.17. The third-order valence-corrected chi connectivity index (χ3v) is 3.70. The maximum atomic E-state index is 11.6. The number of carboxylic acid groups (broad SMARTS) is 1. The average Bonchev–Trinajstić information content (AvgIpc) is 2.40. The summed E-state index contributed by atoms with van der Waals surface area (Å²) in [5.74, 6) is -0.510. The van der Waals surface area contributed by atoms with E-state index in [2.05, 4.69) is 22.6 Å². The maximum Gasteiger partial charge on any atom is 0.326 e. The second kappa shape index (κ2) is 8.76. The molecule has 0 aromatic heterocycles. The summed E-state index contributed by atoms with van der Waals surface area (Å²) in [6.07, 6.45) is 3.21. The molecule has 2 amide bonds. The van der Waals surface area contributed by atoms with Gasteiger partial charge in [0.05, 0.1) is 0 Å². The summed E-state index contributed by atoms with van der Waals surface area (Å²) in [4.78, 5) is 24.7. The molecule has 0 aromatic carbocycles. The zero-order valence-electron chi connectivity index (χ0n) is 12.0. The number of urea groups is 1. The summed E-state index contributed by atoms with van der Waals surface area (Å²) in [6.45, 7) is 2.46. The van der Waals surface area contributed by atoms with Crippen molar-refractivity contribution in [1.29, 1.82) is 0 Å². The van der Waals surface area contributed by atoms with Gasteiger partial charge in [0.25, 0.3) is 0 Å². The topological polar surface area (TPSA) is 102 Å². The highest BCUT2D eigenvalue weighted by Crippen LogP contribution is 2.18. The summed E-state index contributed by atoms with van der Waals surface area (Å²) in [5, 5.41) is 22.6. The molecule has 1 atom stereocenters. The van der Waals surface area contributed by atoms with E-state index in [4.69, 9.17) is 10.2 Å². The Morgan fingerprint density at radius 1 is 1.35 bits per heavy atom. The van der Waals surface area contributed by atoms with Crippen molar-refractivity contribution in [2.75, 3.05) is 33.3 Å². The van der Waals surface area contributed by atoms with Crippen LogP contribution in [0.25, 0.3) is 0 Å². The molecule has 1 fully saturated rings. The third kappa shape index (κ3) is 6.21. The summed E-state index contributed by atoms with van der Waals surface area (Å²) in [6, 6.07) is -1.53. The summed E-state index contributed by atoms with van der Waals surface area (Å²) in [5.41, 5.74) is 0. The lowest BCUT2D eigenvalue weighted by Crippen LogP contribution is -2.46. The van der Waals surface area contributed by atoms with Crippen molar-refractivity contribution >= 4 is 12.0 Å². The summed E-state index contributed by atoms with van der Waals surface area (Å²) in [7, 11) is 2.11. The van der Waals surface area contributed by atoms with E-state index in [1.807, 2.05) is 0 Å². The lowest BCUT2D eigenvalue weighted by Gasteiger charge is -2.28. The first kappa shape index (κ1) is 16.7. The number of nitrogens with one attached hydrogen (secondary N) is 2. The molecule has 0 spiro atoms. The van der Waals surface area contributed by atoms with E-state index in [-0.39, 0.29) is 13.0 Å². The van der Waals surface area contributed by atoms with E-state index >= 15 is 0 Å². The molecule has 0 aromatic rings. The molecule has 1 aliphatic heterocycles. The number of carboxylic acids is 1.